The lowest BCUT2D eigenvalue weighted by Crippen LogP contribution is -2.27. The third-order valence-electron chi connectivity index (χ3n) is 3.28. The highest BCUT2D eigenvalue weighted by molar-refractivity contribution is 5.67. The first kappa shape index (κ1) is 10.5. The largest absolute Gasteiger partial charge is 0.421 e. The molecule has 0 spiro atoms. The molecular weight excluding hydrogens is 218 g/mol. The van der Waals surface area contributed by atoms with Crippen molar-refractivity contribution in [3.8, 4) is 0 Å². The highest BCUT2D eigenvalue weighted by Gasteiger charge is 2.14. The zero-order valence-corrected chi connectivity index (χ0v) is 9.63. The molecule has 17 heavy (non-hydrogen) atoms. The van der Waals surface area contributed by atoms with E-state index in [9.17, 15) is 4.79 Å². The number of oxazole rings is 1. The minimum absolute atomic E-state index is 0.308. The minimum Gasteiger partial charge on any atom is -0.389 e. The van der Waals surface area contributed by atoms with Crippen LogP contribution >= 0.6 is 0 Å². The molecule has 0 bridgehead atoms. The Morgan fingerprint density at radius 2 is 2.12 bits per heavy atom. The summed E-state index contributed by atoms with van der Waals surface area (Å²) in [6.45, 7) is 3.87. The van der Waals surface area contributed by atoms with E-state index in [2.05, 4.69) is 9.88 Å². The van der Waals surface area contributed by atoms with Crippen LogP contribution in [-0.4, -0.2) is 34.1 Å². The van der Waals surface area contributed by atoms with E-state index in [4.69, 9.17) is 4.42 Å². The molecule has 3 rings (SSSR count). The second kappa shape index (κ2) is 4.33. The first-order valence-electron chi connectivity index (χ1n) is 6.01. The van der Waals surface area contributed by atoms with E-state index in [-0.39, 0.29) is 5.76 Å². The Kier molecular flexibility index (Phi) is 2.68. The number of pyridine rings is 1. The van der Waals surface area contributed by atoms with Crippen molar-refractivity contribution in [3.63, 3.8) is 0 Å². The first-order chi connectivity index (χ1) is 8.34. The Morgan fingerprint density at radius 3 is 2.94 bits per heavy atom. The summed E-state index contributed by atoms with van der Waals surface area (Å²) in [6.07, 6.45) is 4.17. The molecule has 1 saturated heterocycles. The number of hydrogen-bond donors (Lipinski definition) is 0. The van der Waals surface area contributed by atoms with E-state index in [1.165, 1.54) is 12.8 Å². The molecule has 2 aromatic heterocycles. The van der Waals surface area contributed by atoms with E-state index in [0.717, 1.165) is 25.2 Å². The molecule has 1 aliphatic rings. The Balaban J connectivity index is 1.84. The Hall–Kier alpha value is -1.62. The second-order valence-corrected chi connectivity index (χ2v) is 4.40. The number of nitrogens with zero attached hydrogens (tertiary/aromatic N) is 3. The third kappa shape index (κ3) is 1.98. The molecule has 2 aromatic rings. The van der Waals surface area contributed by atoms with Crippen molar-refractivity contribution in [3.05, 3.63) is 28.9 Å². The van der Waals surface area contributed by atoms with Crippen molar-refractivity contribution in [1.29, 1.82) is 0 Å². The summed E-state index contributed by atoms with van der Waals surface area (Å²) in [5, 5.41) is 0. The van der Waals surface area contributed by atoms with Crippen LogP contribution in [0.25, 0.3) is 11.2 Å². The van der Waals surface area contributed by atoms with Gasteiger partial charge in [-0.05, 0) is 38.1 Å². The summed E-state index contributed by atoms with van der Waals surface area (Å²) < 4.78 is 6.76. The van der Waals surface area contributed by atoms with E-state index >= 15 is 0 Å². The van der Waals surface area contributed by atoms with Crippen molar-refractivity contribution in [2.75, 3.05) is 19.6 Å². The van der Waals surface area contributed by atoms with E-state index in [1.807, 2.05) is 12.1 Å². The maximum atomic E-state index is 11.7. The van der Waals surface area contributed by atoms with Gasteiger partial charge in [0.05, 0.1) is 0 Å². The monoisotopic (exact) mass is 233 g/mol. The number of fused-ring (bicyclic) bond motifs is 1. The fourth-order valence-corrected chi connectivity index (χ4v) is 2.36. The molecule has 5 heteroatoms. The first-order valence-corrected chi connectivity index (χ1v) is 6.01. The zero-order chi connectivity index (χ0) is 11.7. The standard InChI is InChI=1S/C12H15N3O2/c16-12-15(9-8-14-6-1-2-7-14)10-4-3-5-13-11(10)17-12/h3-5H,1-2,6-9H2. The summed E-state index contributed by atoms with van der Waals surface area (Å²) in [5.41, 5.74) is 1.22. The van der Waals surface area contributed by atoms with Crippen LogP contribution in [0.4, 0.5) is 0 Å². The number of hydrogen-bond acceptors (Lipinski definition) is 4. The van der Waals surface area contributed by atoms with Crippen LogP contribution in [0.2, 0.25) is 0 Å². The van der Waals surface area contributed by atoms with Crippen molar-refractivity contribution in [2.24, 2.45) is 0 Å². The molecular formula is C12H15N3O2. The minimum atomic E-state index is -0.308. The summed E-state index contributed by atoms with van der Waals surface area (Å²) in [7, 11) is 0. The van der Waals surface area contributed by atoms with Gasteiger partial charge in [0.1, 0.15) is 5.52 Å². The van der Waals surface area contributed by atoms with Crippen LogP contribution in [-0.2, 0) is 6.54 Å². The average molecular weight is 233 g/mol. The fraction of sp³-hybridized carbons (Fsp3) is 0.500. The zero-order valence-electron chi connectivity index (χ0n) is 9.63. The molecule has 1 fully saturated rings. The second-order valence-electron chi connectivity index (χ2n) is 4.40. The van der Waals surface area contributed by atoms with Gasteiger partial charge in [-0.15, -0.1) is 0 Å². The van der Waals surface area contributed by atoms with Crippen molar-refractivity contribution >= 4 is 11.2 Å². The van der Waals surface area contributed by atoms with Crippen molar-refractivity contribution in [2.45, 2.75) is 19.4 Å². The van der Waals surface area contributed by atoms with Gasteiger partial charge in [0.2, 0.25) is 5.71 Å². The molecule has 0 saturated carbocycles. The number of likely N-dealkylation sites (tertiary alicyclic amines) is 1. The van der Waals surface area contributed by atoms with Crippen LogP contribution in [0.3, 0.4) is 0 Å². The Morgan fingerprint density at radius 1 is 1.29 bits per heavy atom. The van der Waals surface area contributed by atoms with Gasteiger partial charge in [-0.1, -0.05) is 0 Å². The van der Waals surface area contributed by atoms with Crippen LogP contribution in [0.15, 0.2) is 27.5 Å². The Labute approximate surface area is 98.7 Å². The quantitative estimate of drug-likeness (QED) is 0.796. The van der Waals surface area contributed by atoms with Gasteiger partial charge >= 0.3 is 5.76 Å². The van der Waals surface area contributed by atoms with Crippen molar-refractivity contribution in [1.82, 2.24) is 14.5 Å². The van der Waals surface area contributed by atoms with Gasteiger partial charge in [-0.2, -0.15) is 0 Å². The van der Waals surface area contributed by atoms with E-state index in [1.54, 1.807) is 10.8 Å². The van der Waals surface area contributed by atoms with Gasteiger partial charge in [0.15, 0.2) is 0 Å². The predicted molar refractivity (Wildman–Crippen MR) is 63.9 cm³/mol. The lowest BCUT2D eigenvalue weighted by Gasteiger charge is -2.13. The van der Waals surface area contributed by atoms with Crippen LogP contribution in [0.1, 0.15) is 12.8 Å². The summed E-state index contributed by atoms with van der Waals surface area (Å²) in [6, 6.07) is 3.70. The molecule has 0 N–H and O–H groups in total. The molecule has 90 valence electrons. The molecule has 0 aliphatic carbocycles. The maximum Gasteiger partial charge on any atom is 0.421 e. The normalized spacial score (nSPS) is 16.9. The van der Waals surface area contributed by atoms with E-state index in [0.29, 0.717) is 12.3 Å². The topological polar surface area (TPSA) is 51.3 Å². The molecule has 0 atom stereocenters. The van der Waals surface area contributed by atoms with E-state index < -0.39 is 0 Å². The maximum absolute atomic E-state index is 11.7. The molecule has 0 aromatic carbocycles. The van der Waals surface area contributed by atoms with Crippen LogP contribution < -0.4 is 5.76 Å². The summed E-state index contributed by atoms with van der Waals surface area (Å²) in [4.78, 5) is 18.1. The lowest BCUT2D eigenvalue weighted by atomic mass is 10.4. The molecule has 0 radical (unpaired) electrons. The van der Waals surface area contributed by atoms with Gasteiger partial charge < -0.3 is 9.32 Å². The highest BCUT2D eigenvalue weighted by Crippen LogP contribution is 2.10. The van der Waals surface area contributed by atoms with Gasteiger partial charge in [0.25, 0.3) is 0 Å². The lowest BCUT2D eigenvalue weighted by molar-refractivity contribution is 0.318. The molecule has 1 aliphatic heterocycles. The van der Waals surface area contributed by atoms with Crippen LogP contribution in [0, 0.1) is 0 Å². The number of aromatic nitrogens is 2. The highest BCUT2D eigenvalue weighted by atomic mass is 16.4. The SMILES string of the molecule is O=c1oc2ncccc2n1CCN1CCCC1. The van der Waals surface area contributed by atoms with Gasteiger partial charge in [-0.25, -0.2) is 9.78 Å². The van der Waals surface area contributed by atoms with Gasteiger partial charge in [0, 0.05) is 19.3 Å². The van der Waals surface area contributed by atoms with Crippen molar-refractivity contribution < 1.29 is 4.42 Å². The third-order valence-corrected chi connectivity index (χ3v) is 3.28. The fourth-order valence-electron chi connectivity index (χ4n) is 2.36. The van der Waals surface area contributed by atoms with Crippen LogP contribution in [0.5, 0.6) is 0 Å². The smallest absolute Gasteiger partial charge is 0.389 e. The molecule has 0 unspecified atom stereocenters. The Bertz CT molecular complexity index is 566. The summed E-state index contributed by atoms with van der Waals surface area (Å²) >= 11 is 0. The molecule has 5 nitrogen and oxygen atoms in total. The average Bonchev–Trinajstić information content (AvgIpc) is 2.93. The molecule has 3 heterocycles. The molecule has 0 amide bonds. The predicted octanol–water partition coefficient (Wildman–Crippen LogP) is 1.09. The van der Waals surface area contributed by atoms with Gasteiger partial charge in [-0.3, -0.25) is 4.57 Å². The number of rotatable bonds is 3. The summed E-state index contributed by atoms with van der Waals surface area (Å²) in [5.74, 6) is -0.308.